The van der Waals surface area contributed by atoms with Gasteiger partial charge in [-0.1, -0.05) is 247 Å². The number of esters is 3. The zero-order valence-corrected chi connectivity index (χ0v) is 44.6. The molecule has 0 rings (SSSR count). The van der Waals surface area contributed by atoms with Crippen molar-refractivity contribution in [3.8, 4) is 0 Å². The quantitative estimate of drug-likeness (QED) is 0.0262. The summed E-state index contributed by atoms with van der Waals surface area (Å²) in [6.07, 6.45) is 72.9. The van der Waals surface area contributed by atoms with Crippen molar-refractivity contribution in [1.29, 1.82) is 0 Å². The summed E-state index contributed by atoms with van der Waals surface area (Å²) < 4.78 is 16.8. The average Bonchev–Trinajstić information content (AvgIpc) is 3.34. The number of hydrogen-bond donors (Lipinski definition) is 0. The van der Waals surface area contributed by atoms with Crippen LogP contribution in [0.15, 0.2) is 85.1 Å². The fourth-order valence-electron chi connectivity index (χ4n) is 7.81. The van der Waals surface area contributed by atoms with Gasteiger partial charge in [0.05, 0.1) is 0 Å². The van der Waals surface area contributed by atoms with E-state index >= 15 is 0 Å². The van der Waals surface area contributed by atoms with E-state index in [0.29, 0.717) is 19.3 Å². The first-order valence-electron chi connectivity index (χ1n) is 28.6. The Morgan fingerprint density at radius 2 is 0.559 bits per heavy atom. The first kappa shape index (κ1) is 64.6. The van der Waals surface area contributed by atoms with E-state index < -0.39 is 6.10 Å². The van der Waals surface area contributed by atoms with Crippen LogP contribution in [0.4, 0.5) is 0 Å². The van der Waals surface area contributed by atoms with Crippen LogP contribution in [-0.4, -0.2) is 37.2 Å². The molecule has 6 nitrogen and oxygen atoms in total. The minimum Gasteiger partial charge on any atom is -0.462 e. The zero-order chi connectivity index (χ0) is 49.3. The third kappa shape index (κ3) is 53.5. The summed E-state index contributed by atoms with van der Waals surface area (Å²) in [4.78, 5) is 38.1. The van der Waals surface area contributed by atoms with Gasteiger partial charge in [-0.25, -0.2) is 0 Å². The smallest absolute Gasteiger partial charge is 0.306 e. The summed E-state index contributed by atoms with van der Waals surface area (Å²) in [5.41, 5.74) is 0. The van der Waals surface area contributed by atoms with E-state index in [1.54, 1.807) is 0 Å². The molecule has 0 aromatic rings. The molecular formula is C62H106O6. The molecule has 0 N–H and O–H groups in total. The molecule has 0 bridgehead atoms. The van der Waals surface area contributed by atoms with E-state index in [2.05, 4.69) is 99.8 Å². The van der Waals surface area contributed by atoms with Gasteiger partial charge in [-0.05, 0) is 89.9 Å². The van der Waals surface area contributed by atoms with E-state index in [1.807, 2.05) is 6.08 Å². The highest BCUT2D eigenvalue weighted by Gasteiger charge is 2.19. The van der Waals surface area contributed by atoms with E-state index in [9.17, 15) is 14.4 Å². The normalized spacial score (nSPS) is 12.7. The Labute approximate surface area is 420 Å². The van der Waals surface area contributed by atoms with Crippen molar-refractivity contribution < 1.29 is 28.6 Å². The molecule has 0 saturated carbocycles. The highest BCUT2D eigenvalue weighted by Crippen LogP contribution is 2.15. The van der Waals surface area contributed by atoms with Gasteiger partial charge in [0.15, 0.2) is 6.10 Å². The number of ether oxygens (including phenoxy) is 3. The van der Waals surface area contributed by atoms with Crippen LogP contribution in [0.1, 0.15) is 271 Å². The molecule has 0 saturated heterocycles. The van der Waals surface area contributed by atoms with Gasteiger partial charge in [0, 0.05) is 19.3 Å². The van der Waals surface area contributed by atoms with E-state index in [0.717, 1.165) is 70.6 Å². The van der Waals surface area contributed by atoms with Crippen molar-refractivity contribution in [2.45, 2.75) is 277 Å². The van der Waals surface area contributed by atoms with Crippen molar-refractivity contribution in [2.24, 2.45) is 0 Å². The molecule has 0 fully saturated rings. The Balaban J connectivity index is 4.44. The van der Waals surface area contributed by atoms with Gasteiger partial charge in [0.1, 0.15) is 13.2 Å². The number of hydrogen-bond acceptors (Lipinski definition) is 6. The van der Waals surface area contributed by atoms with Crippen LogP contribution in [0, 0.1) is 0 Å². The summed E-state index contributed by atoms with van der Waals surface area (Å²) in [6.45, 7) is 6.53. The van der Waals surface area contributed by atoms with Gasteiger partial charge in [0.2, 0.25) is 0 Å². The molecule has 0 aliphatic carbocycles. The van der Waals surface area contributed by atoms with Gasteiger partial charge in [-0.15, -0.1) is 0 Å². The first-order valence-corrected chi connectivity index (χ1v) is 28.6. The van der Waals surface area contributed by atoms with Crippen LogP contribution >= 0.6 is 0 Å². The number of carbonyl (C=O) groups excluding carboxylic acids is 3. The van der Waals surface area contributed by atoms with Crippen molar-refractivity contribution in [3.63, 3.8) is 0 Å². The largest absolute Gasteiger partial charge is 0.462 e. The molecule has 68 heavy (non-hydrogen) atoms. The Bertz CT molecular complexity index is 1320. The summed E-state index contributed by atoms with van der Waals surface area (Å²) in [6, 6.07) is 0. The molecule has 1 atom stereocenters. The standard InChI is InChI=1S/C62H106O6/c1-4-7-10-13-16-19-22-25-27-29-31-33-35-37-40-42-45-48-51-54-60(63)66-57-59(68-62(65)56-53-50-47-44-39-24-21-18-15-12-9-6-3)58-67-61(64)55-52-49-46-43-41-38-36-34-32-30-28-26-23-20-17-14-11-8-5-2/h16-17,19-20,25-28,31,33,37,40,45,48,59H,4-15,18,21-24,29-30,32,34-36,38-39,41-44,46-47,49-58H2,1-3H3/b19-16-,20-17-,27-25-,28-26-,33-31-,40-37-,48-45-/t59-/m1/s1. The maximum Gasteiger partial charge on any atom is 0.306 e. The lowest BCUT2D eigenvalue weighted by molar-refractivity contribution is -0.166. The fourth-order valence-corrected chi connectivity index (χ4v) is 7.81. The third-order valence-corrected chi connectivity index (χ3v) is 12.1. The number of unbranched alkanes of at least 4 members (excludes halogenated alkanes) is 26. The molecule has 6 heteroatoms. The predicted octanol–water partition coefficient (Wildman–Crippen LogP) is 19.2. The van der Waals surface area contributed by atoms with Crippen LogP contribution in [-0.2, 0) is 28.6 Å². The van der Waals surface area contributed by atoms with E-state index in [4.69, 9.17) is 14.2 Å². The number of allylic oxidation sites excluding steroid dienone is 14. The molecule has 0 unspecified atom stereocenters. The molecule has 0 spiro atoms. The first-order chi connectivity index (χ1) is 33.5. The lowest BCUT2D eigenvalue weighted by Crippen LogP contribution is -2.30. The molecule has 0 heterocycles. The molecule has 0 aliphatic heterocycles. The molecule has 390 valence electrons. The van der Waals surface area contributed by atoms with Crippen molar-refractivity contribution >= 4 is 17.9 Å². The van der Waals surface area contributed by atoms with Gasteiger partial charge < -0.3 is 14.2 Å². The molecule has 0 radical (unpaired) electrons. The van der Waals surface area contributed by atoms with Crippen LogP contribution < -0.4 is 0 Å². The van der Waals surface area contributed by atoms with Crippen molar-refractivity contribution in [1.82, 2.24) is 0 Å². The van der Waals surface area contributed by atoms with Crippen LogP contribution in [0.2, 0.25) is 0 Å². The van der Waals surface area contributed by atoms with Crippen LogP contribution in [0.25, 0.3) is 0 Å². The summed E-state index contributed by atoms with van der Waals surface area (Å²) in [5, 5.41) is 0. The summed E-state index contributed by atoms with van der Waals surface area (Å²) in [5.74, 6) is -0.984. The maximum atomic E-state index is 12.8. The SMILES string of the molecule is CCCCC/C=C\C/C=C\C/C=C\C/C=C\C/C=C\CCC(=O)OC[C@H](COC(=O)CCCCCCCCCCC/C=C\C/C=C\CCCCC)OC(=O)CCCCCCCCCCCCCC. The number of carbonyl (C=O) groups is 3. The topological polar surface area (TPSA) is 78.9 Å². The number of rotatable bonds is 51. The molecular weight excluding hydrogens is 841 g/mol. The lowest BCUT2D eigenvalue weighted by atomic mass is 10.0. The Kier molecular flexibility index (Phi) is 53.4. The maximum absolute atomic E-state index is 12.8. The second kappa shape index (κ2) is 56.2. The highest BCUT2D eigenvalue weighted by atomic mass is 16.6. The lowest BCUT2D eigenvalue weighted by Gasteiger charge is -2.18. The second-order valence-corrected chi connectivity index (χ2v) is 18.8. The predicted molar refractivity (Wildman–Crippen MR) is 293 cm³/mol. The Morgan fingerprint density at radius 3 is 0.941 bits per heavy atom. The van der Waals surface area contributed by atoms with E-state index in [-0.39, 0.29) is 37.5 Å². The van der Waals surface area contributed by atoms with Gasteiger partial charge >= 0.3 is 17.9 Å². The minimum absolute atomic E-state index is 0.1000. The van der Waals surface area contributed by atoms with Crippen molar-refractivity contribution in [3.05, 3.63) is 85.1 Å². The van der Waals surface area contributed by atoms with E-state index in [1.165, 1.54) is 154 Å². The molecule has 0 aliphatic rings. The van der Waals surface area contributed by atoms with Crippen LogP contribution in [0.5, 0.6) is 0 Å². The zero-order valence-electron chi connectivity index (χ0n) is 44.6. The Hall–Kier alpha value is -3.41. The summed E-state index contributed by atoms with van der Waals surface area (Å²) >= 11 is 0. The average molecular weight is 948 g/mol. The highest BCUT2D eigenvalue weighted by molar-refractivity contribution is 5.71. The monoisotopic (exact) mass is 947 g/mol. The third-order valence-electron chi connectivity index (χ3n) is 12.1. The molecule has 0 amide bonds. The molecule has 0 aromatic carbocycles. The van der Waals surface area contributed by atoms with Crippen LogP contribution in [0.3, 0.4) is 0 Å². The minimum atomic E-state index is -0.806. The second-order valence-electron chi connectivity index (χ2n) is 18.8. The fraction of sp³-hybridized carbons (Fsp3) is 0.726. The summed E-state index contributed by atoms with van der Waals surface area (Å²) in [7, 11) is 0. The Morgan fingerprint density at radius 1 is 0.294 bits per heavy atom. The van der Waals surface area contributed by atoms with Crippen molar-refractivity contribution in [2.75, 3.05) is 13.2 Å². The van der Waals surface area contributed by atoms with Gasteiger partial charge in [-0.3, -0.25) is 14.4 Å². The van der Waals surface area contributed by atoms with Gasteiger partial charge in [-0.2, -0.15) is 0 Å². The molecule has 0 aromatic heterocycles. The van der Waals surface area contributed by atoms with Gasteiger partial charge in [0.25, 0.3) is 0 Å².